The molecule has 6 nitrogen and oxygen atoms in total. The lowest BCUT2D eigenvalue weighted by Crippen LogP contribution is -2.25. The number of halogens is 2. The highest BCUT2D eigenvalue weighted by atomic mass is 35.5. The number of anilines is 1. The number of carbonyl (C=O) groups is 2. The standard InChI is InChI=1S/C17H15ClFNO5S/c1-10(25-17(22)15-13(18)4-3-5-14(15)19)16(21)11-6-8-12(9-7-11)20-26(2,23)24/h3-10,20H,1-2H3. The second kappa shape index (κ2) is 7.84. The summed E-state index contributed by atoms with van der Waals surface area (Å²) in [5.41, 5.74) is 0.0392. The van der Waals surface area contributed by atoms with Gasteiger partial charge in [0.2, 0.25) is 15.8 Å². The average molecular weight is 400 g/mol. The number of esters is 1. The number of rotatable bonds is 6. The molecule has 1 N–H and O–H groups in total. The Morgan fingerprint density at radius 3 is 2.31 bits per heavy atom. The lowest BCUT2D eigenvalue weighted by molar-refractivity contribution is 0.0314. The Morgan fingerprint density at radius 1 is 1.15 bits per heavy atom. The van der Waals surface area contributed by atoms with Crippen LogP contribution in [0.1, 0.15) is 27.6 Å². The first-order valence-electron chi connectivity index (χ1n) is 7.35. The molecule has 0 heterocycles. The van der Waals surface area contributed by atoms with Gasteiger partial charge in [-0.15, -0.1) is 0 Å². The molecule has 1 atom stereocenters. The van der Waals surface area contributed by atoms with Gasteiger partial charge in [0.15, 0.2) is 6.10 Å². The van der Waals surface area contributed by atoms with Crippen LogP contribution in [0.15, 0.2) is 42.5 Å². The molecule has 0 aliphatic heterocycles. The number of Topliss-reactive ketones (excluding diaryl/α,β-unsaturated/α-hetero) is 1. The van der Waals surface area contributed by atoms with Crippen molar-refractivity contribution < 1.29 is 27.1 Å². The van der Waals surface area contributed by atoms with Crippen LogP contribution in [0.25, 0.3) is 0 Å². The van der Waals surface area contributed by atoms with E-state index in [9.17, 15) is 22.4 Å². The second-order valence-corrected chi connectivity index (χ2v) is 7.62. The summed E-state index contributed by atoms with van der Waals surface area (Å²) in [6.07, 6.45) is -0.187. The molecule has 2 rings (SSSR count). The van der Waals surface area contributed by atoms with Gasteiger partial charge in [-0.25, -0.2) is 17.6 Å². The van der Waals surface area contributed by atoms with E-state index in [0.717, 1.165) is 12.3 Å². The number of carbonyl (C=O) groups excluding carboxylic acids is 2. The normalized spacial score (nSPS) is 12.3. The van der Waals surface area contributed by atoms with E-state index in [1.165, 1.54) is 43.3 Å². The highest BCUT2D eigenvalue weighted by Gasteiger charge is 2.24. The van der Waals surface area contributed by atoms with E-state index in [2.05, 4.69) is 4.72 Å². The molecule has 0 radical (unpaired) electrons. The number of ketones is 1. The smallest absolute Gasteiger partial charge is 0.343 e. The molecule has 9 heteroatoms. The Morgan fingerprint density at radius 2 is 1.77 bits per heavy atom. The van der Waals surface area contributed by atoms with Crippen LogP contribution < -0.4 is 4.72 Å². The van der Waals surface area contributed by atoms with Crippen molar-refractivity contribution in [1.29, 1.82) is 0 Å². The molecule has 0 fully saturated rings. The lowest BCUT2D eigenvalue weighted by Gasteiger charge is -2.14. The summed E-state index contributed by atoms with van der Waals surface area (Å²) in [4.78, 5) is 24.4. The minimum atomic E-state index is -3.43. The van der Waals surface area contributed by atoms with Gasteiger partial charge in [0.1, 0.15) is 11.4 Å². The third kappa shape index (κ3) is 5.03. The maximum absolute atomic E-state index is 13.7. The summed E-state index contributed by atoms with van der Waals surface area (Å²) in [6.45, 7) is 1.34. The van der Waals surface area contributed by atoms with Gasteiger partial charge in [-0.05, 0) is 43.3 Å². The first kappa shape index (κ1) is 19.9. The summed E-state index contributed by atoms with van der Waals surface area (Å²) in [5.74, 6) is -2.43. The molecule has 0 spiro atoms. The third-order valence-corrected chi connectivity index (χ3v) is 4.21. The van der Waals surface area contributed by atoms with E-state index in [1.54, 1.807) is 0 Å². The van der Waals surface area contributed by atoms with Crippen molar-refractivity contribution in [3.63, 3.8) is 0 Å². The van der Waals surface area contributed by atoms with Crippen molar-refractivity contribution in [2.45, 2.75) is 13.0 Å². The summed E-state index contributed by atoms with van der Waals surface area (Å²) in [6, 6.07) is 9.30. The zero-order valence-corrected chi connectivity index (χ0v) is 15.4. The number of nitrogens with one attached hydrogen (secondary N) is 1. The fourth-order valence-electron chi connectivity index (χ4n) is 2.12. The SMILES string of the molecule is CC(OC(=O)c1c(F)cccc1Cl)C(=O)c1ccc(NS(C)(=O)=O)cc1. The van der Waals surface area contributed by atoms with Crippen molar-refractivity contribution in [3.05, 3.63) is 64.4 Å². The highest BCUT2D eigenvalue weighted by molar-refractivity contribution is 7.92. The van der Waals surface area contributed by atoms with Gasteiger partial charge >= 0.3 is 5.97 Å². The largest absolute Gasteiger partial charge is 0.451 e. The highest BCUT2D eigenvalue weighted by Crippen LogP contribution is 2.21. The molecule has 0 amide bonds. The Bertz CT molecular complexity index is 924. The number of hydrogen-bond donors (Lipinski definition) is 1. The van der Waals surface area contributed by atoms with Crippen LogP contribution >= 0.6 is 11.6 Å². The van der Waals surface area contributed by atoms with Gasteiger partial charge in [0, 0.05) is 11.3 Å². The Labute approximate surface area is 155 Å². The van der Waals surface area contributed by atoms with Crippen LogP contribution in [0.2, 0.25) is 5.02 Å². The third-order valence-electron chi connectivity index (χ3n) is 3.29. The van der Waals surface area contributed by atoms with Gasteiger partial charge in [0.05, 0.1) is 11.3 Å². The lowest BCUT2D eigenvalue weighted by atomic mass is 10.1. The maximum atomic E-state index is 13.7. The van der Waals surface area contributed by atoms with E-state index in [4.69, 9.17) is 16.3 Å². The summed E-state index contributed by atoms with van der Waals surface area (Å²) in [5, 5.41) is -0.120. The van der Waals surface area contributed by atoms with Crippen molar-refractivity contribution in [1.82, 2.24) is 0 Å². The molecule has 0 saturated carbocycles. The van der Waals surface area contributed by atoms with Crippen molar-refractivity contribution in [2.75, 3.05) is 11.0 Å². The molecule has 2 aromatic rings. The number of ether oxygens (including phenoxy) is 1. The van der Waals surface area contributed by atoms with E-state index in [0.29, 0.717) is 0 Å². The minimum absolute atomic E-state index is 0.120. The van der Waals surface area contributed by atoms with Crippen LogP contribution in [-0.4, -0.2) is 32.5 Å². The Hall–Kier alpha value is -2.45. The summed E-state index contributed by atoms with van der Waals surface area (Å²) >= 11 is 5.79. The molecule has 26 heavy (non-hydrogen) atoms. The minimum Gasteiger partial charge on any atom is -0.451 e. The van der Waals surface area contributed by atoms with E-state index >= 15 is 0 Å². The van der Waals surface area contributed by atoms with Gasteiger partial charge in [0.25, 0.3) is 0 Å². The van der Waals surface area contributed by atoms with Gasteiger partial charge in [-0.2, -0.15) is 0 Å². The first-order chi connectivity index (χ1) is 12.1. The van der Waals surface area contributed by atoms with Crippen LogP contribution in [0.4, 0.5) is 10.1 Å². The summed E-state index contributed by atoms with van der Waals surface area (Å²) in [7, 11) is -3.43. The van der Waals surface area contributed by atoms with Crippen LogP contribution in [0, 0.1) is 5.82 Å². The fraction of sp³-hybridized carbons (Fsp3) is 0.176. The van der Waals surface area contributed by atoms with Crippen molar-refractivity contribution >= 4 is 39.1 Å². The molecular formula is C17H15ClFNO5S. The number of benzene rings is 2. The van der Waals surface area contributed by atoms with Crippen LogP contribution in [0.3, 0.4) is 0 Å². The maximum Gasteiger partial charge on any atom is 0.343 e. The van der Waals surface area contributed by atoms with Crippen molar-refractivity contribution in [3.8, 4) is 0 Å². The van der Waals surface area contributed by atoms with E-state index in [1.807, 2.05) is 0 Å². The molecule has 0 saturated heterocycles. The predicted molar refractivity (Wildman–Crippen MR) is 95.5 cm³/mol. The van der Waals surface area contributed by atoms with Gasteiger partial charge in [-0.3, -0.25) is 9.52 Å². The fourth-order valence-corrected chi connectivity index (χ4v) is 2.92. The molecule has 0 bridgehead atoms. The molecule has 0 aromatic heterocycles. The predicted octanol–water partition coefficient (Wildman–Crippen LogP) is 3.28. The molecule has 1 unspecified atom stereocenters. The number of hydrogen-bond acceptors (Lipinski definition) is 5. The summed E-state index contributed by atoms with van der Waals surface area (Å²) < 4.78 is 43.3. The van der Waals surface area contributed by atoms with Crippen LogP contribution in [0.5, 0.6) is 0 Å². The zero-order chi connectivity index (χ0) is 19.5. The number of sulfonamides is 1. The quantitative estimate of drug-likeness (QED) is 0.594. The van der Waals surface area contributed by atoms with Gasteiger partial charge < -0.3 is 4.74 Å². The molecule has 2 aromatic carbocycles. The zero-order valence-electron chi connectivity index (χ0n) is 13.8. The molecular weight excluding hydrogens is 385 g/mol. The van der Waals surface area contributed by atoms with Gasteiger partial charge in [-0.1, -0.05) is 17.7 Å². The van der Waals surface area contributed by atoms with E-state index < -0.39 is 39.3 Å². The topological polar surface area (TPSA) is 89.5 Å². The average Bonchev–Trinajstić information content (AvgIpc) is 2.53. The molecule has 138 valence electrons. The van der Waals surface area contributed by atoms with Crippen molar-refractivity contribution in [2.24, 2.45) is 0 Å². The van der Waals surface area contributed by atoms with Crippen LogP contribution in [-0.2, 0) is 14.8 Å². The molecule has 0 aliphatic carbocycles. The first-order valence-corrected chi connectivity index (χ1v) is 9.62. The van der Waals surface area contributed by atoms with E-state index in [-0.39, 0.29) is 16.3 Å². The molecule has 0 aliphatic rings. The monoisotopic (exact) mass is 399 g/mol. The second-order valence-electron chi connectivity index (χ2n) is 5.46. The Balaban J connectivity index is 2.11. The Kier molecular flexibility index (Phi) is 5.99.